The lowest BCUT2D eigenvalue weighted by atomic mass is 10.2. The molecule has 2 aliphatic rings. The van der Waals surface area contributed by atoms with Gasteiger partial charge >= 0.3 is 0 Å². The Balaban J connectivity index is 1.48. The maximum Gasteiger partial charge on any atom is 0.275 e. The SMILES string of the molecule is O=C(C[NH+]1CCN(c2ccccc2O)CC1)N[C@H]1CS(=O)(=O)C[C@@H]1Cl. The summed E-state index contributed by atoms with van der Waals surface area (Å²) in [7, 11) is -3.15. The van der Waals surface area contributed by atoms with Crippen LogP contribution in [0.25, 0.3) is 0 Å². The van der Waals surface area contributed by atoms with Gasteiger partial charge in [0.25, 0.3) is 5.91 Å². The summed E-state index contributed by atoms with van der Waals surface area (Å²) in [6.07, 6.45) is 0. The van der Waals surface area contributed by atoms with E-state index in [-0.39, 0.29) is 23.2 Å². The number of nitrogens with zero attached hydrogens (tertiary/aromatic N) is 1. The molecule has 2 atom stereocenters. The molecule has 1 aromatic rings. The van der Waals surface area contributed by atoms with Gasteiger partial charge in [-0.1, -0.05) is 12.1 Å². The van der Waals surface area contributed by atoms with Crippen LogP contribution in [0.4, 0.5) is 5.69 Å². The lowest BCUT2D eigenvalue weighted by Gasteiger charge is -2.33. The Morgan fingerprint density at radius 2 is 1.96 bits per heavy atom. The fraction of sp³-hybridized carbons (Fsp3) is 0.562. The zero-order chi connectivity index (χ0) is 18.0. The van der Waals surface area contributed by atoms with Crippen molar-refractivity contribution in [3.8, 4) is 5.75 Å². The van der Waals surface area contributed by atoms with E-state index in [1.165, 1.54) is 0 Å². The molecule has 2 aliphatic heterocycles. The van der Waals surface area contributed by atoms with Gasteiger partial charge in [0.2, 0.25) is 0 Å². The fourth-order valence-corrected chi connectivity index (χ4v) is 5.94. The largest absolute Gasteiger partial charge is 0.506 e. The number of benzene rings is 1. The molecule has 0 radical (unpaired) electrons. The molecule has 1 aromatic carbocycles. The first-order chi connectivity index (χ1) is 11.8. The number of piperazine rings is 1. The number of hydrogen-bond donors (Lipinski definition) is 3. The maximum absolute atomic E-state index is 12.2. The van der Waals surface area contributed by atoms with Crippen LogP contribution < -0.4 is 15.1 Å². The number of alkyl halides is 1. The number of phenolic OH excluding ortho intramolecular Hbond substituents is 1. The smallest absolute Gasteiger partial charge is 0.275 e. The van der Waals surface area contributed by atoms with E-state index in [1.54, 1.807) is 12.1 Å². The summed E-state index contributed by atoms with van der Waals surface area (Å²) in [5, 5.41) is 12.1. The number of carbonyl (C=O) groups excluding carboxylic acids is 1. The third-order valence-corrected chi connectivity index (χ3v) is 7.11. The number of phenols is 1. The van der Waals surface area contributed by atoms with Crippen molar-refractivity contribution in [3.05, 3.63) is 24.3 Å². The molecule has 0 aliphatic carbocycles. The van der Waals surface area contributed by atoms with E-state index in [0.717, 1.165) is 36.8 Å². The molecule has 0 unspecified atom stereocenters. The van der Waals surface area contributed by atoms with Crippen LogP contribution in [0, 0.1) is 0 Å². The first kappa shape index (κ1) is 18.3. The van der Waals surface area contributed by atoms with Crippen molar-refractivity contribution in [1.29, 1.82) is 0 Å². The molecule has 2 fully saturated rings. The van der Waals surface area contributed by atoms with Crippen molar-refractivity contribution < 1.29 is 23.2 Å². The standard InChI is InChI=1S/C16H22ClN3O4S/c17-12-10-25(23,24)11-13(12)18-16(22)9-19-5-7-20(8-6-19)14-3-1-2-4-15(14)21/h1-4,12-13,21H,5-11H2,(H,18,22)/p+1/t12-,13-/m0/s1. The quantitative estimate of drug-likeness (QED) is 0.553. The average molecular weight is 389 g/mol. The number of amides is 1. The first-order valence-electron chi connectivity index (χ1n) is 8.34. The molecule has 0 bridgehead atoms. The van der Waals surface area contributed by atoms with Gasteiger partial charge in [-0.2, -0.15) is 0 Å². The highest BCUT2D eigenvalue weighted by Crippen LogP contribution is 2.25. The van der Waals surface area contributed by atoms with E-state index in [4.69, 9.17) is 11.6 Å². The summed E-state index contributed by atoms with van der Waals surface area (Å²) < 4.78 is 23.1. The zero-order valence-corrected chi connectivity index (χ0v) is 15.4. The van der Waals surface area contributed by atoms with Crippen molar-refractivity contribution in [1.82, 2.24) is 5.32 Å². The van der Waals surface area contributed by atoms with E-state index in [0.29, 0.717) is 6.54 Å². The van der Waals surface area contributed by atoms with E-state index >= 15 is 0 Å². The van der Waals surface area contributed by atoms with E-state index in [9.17, 15) is 18.3 Å². The Labute approximate surface area is 152 Å². The fourth-order valence-electron chi connectivity index (χ4n) is 3.39. The third kappa shape index (κ3) is 4.56. The number of aromatic hydroxyl groups is 1. The van der Waals surface area contributed by atoms with Gasteiger partial charge in [0, 0.05) is 0 Å². The second-order valence-corrected chi connectivity index (χ2v) is 9.38. The van der Waals surface area contributed by atoms with Crippen LogP contribution in [0.1, 0.15) is 0 Å². The minimum atomic E-state index is -3.15. The van der Waals surface area contributed by atoms with Crippen molar-refractivity contribution in [2.24, 2.45) is 0 Å². The number of anilines is 1. The van der Waals surface area contributed by atoms with Gasteiger partial charge in [0.05, 0.1) is 54.8 Å². The molecule has 2 heterocycles. The molecule has 0 aromatic heterocycles. The monoisotopic (exact) mass is 388 g/mol. The Morgan fingerprint density at radius 3 is 2.56 bits per heavy atom. The lowest BCUT2D eigenvalue weighted by molar-refractivity contribution is -0.892. The van der Waals surface area contributed by atoms with Crippen LogP contribution in [0.2, 0.25) is 0 Å². The molecular weight excluding hydrogens is 366 g/mol. The number of hydrogen-bond acceptors (Lipinski definition) is 5. The van der Waals surface area contributed by atoms with Crippen LogP contribution in [-0.2, 0) is 14.6 Å². The number of para-hydroxylation sites is 2. The van der Waals surface area contributed by atoms with E-state index in [1.807, 2.05) is 12.1 Å². The van der Waals surface area contributed by atoms with Crippen LogP contribution in [-0.4, -0.2) is 75.1 Å². The van der Waals surface area contributed by atoms with Gasteiger partial charge in [-0.15, -0.1) is 11.6 Å². The van der Waals surface area contributed by atoms with Gasteiger partial charge in [0.1, 0.15) is 5.75 Å². The summed E-state index contributed by atoms with van der Waals surface area (Å²) in [6, 6.07) is 6.73. The molecule has 0 saturated carbocycles. The second kappa shape index (κ2) is 7.39. The summed E-state index contributed by atoms with van der Waals surface area (Å²) in [6.45, 7) is 3.34. The Hall–Kier alpha value is -1.51. The van der Waals surface area contributed by atoms with Crippen LogP contribution >= 0.6 is 11.6 Å². The lowest BCUT2D eigenvalue weighted by Crippen LogP contribution is -3.16. The minimum Gasteiger partial charge on any atom is -0.506 e. The van der Waals surface area contributed by atoms with Gasteiger partial charge in [-0.25, -0.2) is 8.42 Å². The molecule has 0 spiro atoms. The molecule has 2 saturated heterocycles. The highest BCUT2D eigenvalue weighted by atomic mass is 35.5. The van der Waals surface area contributed by atoms with Crippen molar-refractivity contribution >= 4 is 33.0 Å². The number of sulfone groups is 1. The molecule has 3 N–H and O–H groups in total. The van der Waals surface area contributed by atoms with Crippen LogP contribution in [0.15, 0.2) is 24.3 Å². The van der Waals surface area contributed by atoms with Crippen molar-refractivity contribution in [3.63, 3.8) is 0 Å². The number of nitrogens with one attached hydrogen (secondary N) is 2. The van der Waals surface area contributed by atoms with Gasteiger partial charge < -0.3 is 20.2 Å². The summed E-state index contributed by atoms with van der Waals surface area (Å²) >= 11 is 6.02. The Morgan fingerprint density at radius 1 is 1.28 bits per heavy atom. The maximum atomic E-state index is 12.2. The summed E-state index contributed by atoms with van der Waals surface area (Å²) in [4.78, 5) is 15.4. The average Bonchev–Trinajstić information content (AvgIpc) is 2.80. The summed E-state index contributed by atoms with van der Waals surface area (Å²) in [5.41, 5.74) is 0.812. The topological polar surface area (TPSA) is 91.2 Å². The molecule has 9 heteroatoms. The number of carbonyl (C=O) groups is 1. The Kier molecular flexibility index (Phi) is 5.41. The second-order valence-electron chi connectivity index (χ2n) is 6.67. The molecule has 7 nitrogen and oxygen atoms in total. The first-order valence-corrected chi connectivity index (χ1v) is 10.6. The summed E-state index contributed by atoms with van der Waals surface area (Å²) in [5.74, 6) is -0.0624. The predicted molar refractivity (Wildman–Crippen MR) is 96.1 cm³/mol. The highest BCUT2D eigenvalue weighted by Gasteiger charge is 2.37. The molecule has 3 rings (SSSR count). The predicted octanol–water partition coefficient (Wildman–Crippen LogP) is -1.38. The molecule has 1 amide bonds. The molecular formula is C16H23ClN3O4S+. The highest BCUT2D eigenvalue weighted by molar-refractivity contribution is 7.91. The van der Waals surface area contributed by atoms with E-state index in [2.05, 4.69) is 10.2 Å². The van der Waals surface area contributed by atoms with Crippen molar-refractivity contribution in [2.75, 3.05) is 49.1 Å². The third-order valence-electron chi connectivity index (χ3n) is 4.73. The number of halogens is 1. The molecule has 25 heavy (non-hydrogen) atoms. The minimum absolute atomic E-state index is 0.0778. The molecule has 138 valence electrons. The Bertz CT molecular complexity index is 735. The van der Waals surface area contributed by atoms with Crippen LogP contribution in [0.5, 0.6) is 5.75 Å². The van der Waals surface area contributed by atoms with Gasteiger partial charge in [0.15, 0.2) is 16.4 Å². The number of rotatable bonds is 4. The van der Waals surface area contributed by atoms with E-state index < -0.39 is 21.3 Å². The van der Waals surface area contributed by atoms with Gasteiger partial charge in [-0.3, -0.25) is 4.79 Å². The normalized spacial score (nSPS) is 26.5. The van der Waals surface area contributed by atoms with Gasteiger partial charge in [-0.05, 0) is 12.1 Å². The van der Waals surface area contributed by atoms with Crippen molar-refractivity contribution in [2.45, 2.75) is 11.4 Å². The van der Waals surface area contributed by atoms with Crippen LogP contribution in [0.3, 0.4) is 0 Å². The zero-order valence-electron chi connectivity index (χ0n) is 13.8. The number of quaternary nitrogens is 1.